The second kappa shape index (κ2) is 12.8. The molecule has 0 unspecified atom stereocenters. The van der Waals surface area contributed by atoms with Crippen LogP contribution in [0.3, 0.4) is 0 Å². The highest BCUT2D eigenvalue weighted by Crippen LogP contribution is 2.29. The fourth-order valence-electron chi connectivity index (χ4n) is 4.95. The number of hydrogen-bond donors (Lipinski definition) is 3. The summed E-state index contributed by atoms with van der Waals surface area (Å²) < 4.78 is 10.2. The number of amides is 3. The minimum Gasteiger partial charge on any atom is -0.445 e. The van der Waals surface area contributed by atoms with Gasteiger partial charge in [0.1, 0.15) is 12.2 Å². The number of pyridine rings is 1. The molecule has 212 valence electrons. The van der Waals surface area contributed by atoms with Gasteiger partial charge < -0.3 is 25.8 Å². The Labute approximate surface area is 234 Å². The van der Waals surface area contributed by atoms with Crippen molar-refractivity contribution in [2.24, 2.45) is 17.6 Å². The maximum atomic E-state index is 13.4. The summed E-state index contributed by atoms with van der Waals surface area (Å²) in [5, 5.41) is 6.83. The van der Waals surface area contributed by atoms with Gasteiger partial charge in [0.05, 0.1) is 16.8 Å². The van der Waals surface area contributed by atoms with Crippen molar-refractivity contribution in [1.82, 2.24) is 15.6 Å². The van der Waals surface area contributed by atoms with Gasteiger partial charge in [-0.3, -0.25) is 4.79 Å². The summed E-state index contributed by atoms with van der Waals surface area (Å²) in [7, 11) is 0. The van der Waals surface area contributed by atoms with Crippen LogP contribution in [0, 0.1) is 11.8 Å². The van der Waals surface area contributed by atoms with Crippen LogP contribution in [0.2, 0.25) is 0 Å². The van der Waals surface area contributed by atoms with Crippen molar-refractivity contribution < 1.29 is 23.9 Å². The highest BCUT2D eigenvalue weighted by Gasteiger charge is 2.24. The third-order valence-electron chi connectivity index (χ3n) is 7.04. The Morgan fingerprint density at radius 3 is 2.17 bits per heavy atom. The summed E-state index contributed by atoms with van der Waals surface area (Å²) in [4.78, 5) is 41.0. The SMILES string of the molecule is CC(C)(C)OC(=O)NC[C@H]1CC[C@H](CNC(=O)c2cc(-c3ccc(COC(N)=O)cc3)nc3ccccc23)CC1. The molecule has 0 bridgehead atoms. The fraction of sp³-hybridized carbons (Fsp3) is 0.419. The van der Waals surface area contributed by atoms with Crippen LogP contribution in [0.1, 0.15) is 62.4 Å². The van der Waals surface area contributed by atoms with Gasteiger partial charge in [-0.15, -0.1) is 0 Å². The lowest BCUT2D eigenvalue weighted by Gasteiger charge is -2.29. The second-order valence-corrected chi connectivity index (χ2v) is 11.4. The van der Waals surface area contributed by atoms with Crippen molar-refractivity contribution >= 4 is 29.0 Å². The molecule has 4 rings (SSSR count). The molecular weight excluding hydrogens is 508 g/mol. The van der Waals surface area contributed by atoms with Crippen LogP contribution >= 0.6 is 0 Å². The first-order valence-electron chi connectivity index (χ1n) is 13.7. The quantitative estimate of drug-likeness (QED) is 0.339. The average Bonchev–Trinajstić information content (AvgIpc) is 2.93. The van der Waals surface area contributed by atoms with Crippen molar-refractivity contribution in [2.45, 2.75) is 58.7 Å². The first-order chi connectivity index (χ1) is 19.1. The minimum atomic E-state index is -0.820. The molecule has 0 aliphatic heterocycles. The molecule has 4 N–H and O–H groups in total. The lowest BCUT2D eigenvalue weighted by atomic mass is 9.82. The first-order valence-corrected chi connectivity index (χ1v) is 13.7. The third kappa shape index (κ3) is 8.18. The van der Waals surface area contributed by atoms with E-state index in [0.29, 0.717) is 36.2 Å². The van der Waals surface area contributed by atoms with E-state index in [-0.39, 0.29) is 18.6 Å². The van der Waals surface area contributed by atoms with E-state index in [1.54, 1.807) is 0 Å². The normalized spacial score (nSPS) is 17.2. The molecule has 1 heterocycles. The number of carbonyl (C=O) groups is 3. The van der Waals surface area contributed by atoms with Crippen LogP contribution in [0.5, 0.6) is 0 Å². The monoisotopic (exact) mass is 546 g/mol. The highest BCUT2D eigenvalue weighted by molar-refractivity contribution is 6.07. The molecule has 9 heteroatoms. The molecule has 40 heavy (non-hydrogen) atoms. The van der Waals surface area contributed by atoms with Crippen LogP contribution in [0.25, 0.3) is 22.2 Å². The number of nitrogens with two attached hydrogens (primary N) is 1. The molecule has 1 aliphatic carbocycles. The number of benzene rings is 2. The van der Waals surface area contributed by atoms with Crippen molar-refractivity contribution in [2.75, 3.05) is 13.1 Å². The van der Waals surface area contributed by atoms with Gasteiger partial charge in [-0.2, -0.15) is 0 Å². The van der Waals surface area contributed by atoms with Crippen LogP contribution in [-0.4, -0.2) is 41.8 Å². The Bertz CT molecular complexity index is 1340. The predicted molar refractivity (Wildman–Crippen MR) is 154 cm³/mol. The van der Waals surface area contributed by atoms with Gasteiger partial charge in [0, 0.05) is 24.0 Å². The van der Waals surface area contributed by atoms with Gasteiger partial charge in [0.25, 0.3) is 5.91 Å². The molecule has 2 aromatic carbocycles. The Kier molecular flexibility index (Phi) is 9.24. The van der Waals surface area contributed by atoms with Gasteiger partial charge in [-0.05, 0) is 76.0 Å². The molecule has 0 saturated heterocycles. The number of nitrogens with one attached hydrogen (secondary N) is 2. The number of nitrogens with zero attached hydrogens (tertiary/aromatic N) is 1. The Morgan fingerprint density at radius 2 is 1.55 bits per heavy atom. The number of rotatable bonds is 8. The highest BCUT2D eigenvalue weighted by atomic mass is 16.6. The fourth-order valence-corrected chi connectivity index (χ4v) is 4.95. The second-order valence-electron chi connectivity index (χ2n) is 11.4. The third-order valence-corrected chi connectivity index (χ3v) is 7.04. The lowest BCUT2D eigenvalue weighted by Crippen LogP contribution is -2.37. The maximum Gasteiger partial charge on any atom is 0.407 e. The van der Waals surface area contributed by atoms with Crippen LogP contribution < -0.4 is 16.4 Å². The lowest BCUT2D eigenvalue weighted by molar-refractivity contribution is 0.0512. The smallest absolute Gasteiger partial charge is 0.407 e. The van der Waals surface area contributed by atoms with Crippen molar-refractivity contribution in [3.8, 4) is 11.3 Å². The molecule has 1 aromatic heterocycles. The van der Waals surface area contributed by atoms with E-state index in [1.165, 1.54) is 0 Å². The van der Waals surface area contributed by atoms with Crippen molar-refractivity contribution in [3.63, 3.8) is 0 Å². The number of ether oxygens (including phenoxy) is 2. The molecule has 3 aromatic rings. The van der Waals surface area contributed by atoms with E-state index in [2.05, 4.69) is 10.6 Å². The zero-order valence-corrected chi connectivity index (χ0v) is 23.4. The summed E-state index contributed by atoms with van der Waals surface area (Å²) in [5.41, 5.74) is 8.20. The molecule has 9 nitrogen and oxygen atoms in total. The van der Waals surface area contributed by atoms with E-state index in [9.17, 15) is 14.4 Å². The summed E-state index contributed by atoms with van der Waals surface area (Å²) in [6.45, 7) is 6.86. The standard InChI is InChI=1S/C31H38N4O5/c1-31(2,3)40-30(38)34-18-21-10-8-20(9-11-21)17-33-28(36)25-16-27(35-26-7-5-4-6-24(25)26)23-14-12-22(13-15-23)19-39-29(32)37/h4-7,12-16,20-21H,8-11,17-19H2,1-3H3,(H2,32,37)(H,33,36)(H,34,38)/t20-,21-. The maximum absolute atomic E-state index is 13.4. The van der Waals surface area contributed by atoms with Crippen LogP contribution in [0.15, 0.2) is 54.6 Å². The first kappa shape index (κ1) is 28.9. The van der Waals surface area contributed by atoms with Gasteiger partial charge in [0.2, 0.25) is 0 Å². The summed E-state index contributed by atoms with van der Waals surface area (Å²) in [5.74, 6) is 0.685. The van der Waals surface area contributed by atoms with Gasteiger partial charge in [-0.1, -0.05) is 42.5 Å². The van der Waals surface area contributed by atoms with Crippen LogP contribution in [-0.2, 0) is 16.1 Å². The number of fused-ring (bicyclic) bond motifs is 1. The van der Waals surface area contributed by atoms with E-state index in [1.807, 2.05) is 75.4 Å². The largest absolute Gasteiger partial charge is 0.445 e. The van der Waals surface area contributed by atoms with Crippen molar-refractivity contribution in [1.29, 1.82) is 0 Å². The Hall–Kier alpha value is -4.14. The van der Waals surface area contributed by atoms with Crippen LogP contribution in [0.4, 0.5) is 9.59 Å². The zero-order chi connectivity index (χ0) is 28.7. The number of aromatic nitrogens is 1. The minimum absolute atomic E-state index is 0.0938. The van der Waals surface area contributed by atoms with E-state index >= 15 is 0 Å². The molecular formula is C31H38N4O5. The summed E-state index contributed by atoms with van der Waals surface area (Å²) in [6, 6.07) is 16.9. The number of alkyl carbamates (subject to hydrolysis) is 1. The number of hydrogen-bond acceptors (Lipinski definition) is 6. The topological polar surface area (TPSA) is 133 Å². The van der Waals surface area contributed by atoms with E-state index < -0.39 is 11.7 Å². The van der Waals surface area contributed by atoms with Gasteiger partial charge >= 0.3 is 12.2 Å². The number of carbonyl (C=O) groups excluding carboxylic acids is 3. The predicted octanol–water partition coefficient (Wildman–Crippen LogP) is 5.56. The van der Waals surface area contributed by atoms with Crippen molar-refractivity contribution in [3.05, 3.63) is 65.7 Å². The van der Waals surface area contributed by atoms with Gasteiger partial charge in [-0.25, -0.2) is 14.6 Å². The molecule has 0 radical (unpaired) electrons. The van der Waals surface area contributed by atoms with Gasteiger partial charge in [0.15, 0.2) is 0 Å². The molecule has 1 saturated carbocycles. The molecule has 0 spiro atoms. The molecule has 1 aliphatic rings. The molecule has 1 fully saturated rings. The van der Waals surface area contributed by atoms with E-state index in [0.717, 1.165) is 47.7 Å². The zero-order valence-electron chi connectivity index (χ0n) is 23.4. The summed E-state index contributed by atoms with van der Waals surface area (Å²) in [6.07, 6.45) is 2.79. The Balaban J connectivity index is 1.36. The number of para-hydroxylation sites is 1. The van der Waals surface area contributed by atoms with E-state index in [4.69, 9.17) is 20.2 Å². The summed E-state index contributed by atoms with van der Waals surface area (Å²) >= 11 is 0. The Morgan fingerprint density at radius 1 is 0.925 bits per heavy atom. The average molecular weight is 547 g/mol. The molecule has 3 amide bonds. The molecule has 0 atom stereocenters. The number of primary amides is 1.